The molecule has 112 valence electrons. The minimum atomic E-state index is -3.54. The molecule has 5 nitrogen and oxygen atoms in total. The second-order valence-electron chi connectivity index (χ2n) is 4.93. The highest BCUT2D eigenvalue weighted by Crippen LogP contribution is 2.21. The molecule has 1 saturated heterocycles. The minimum absolute atomic E-state index is 0.202. The van der Waals surface area contributed by atoms with Crippen molar-refractivity contribution in [2.75, 3.05) is 20.1 Å². The third-order valence-corrected chi connectivity index (χ3v) is 5.03. The summed E-state index contributed by atoms with van der Waals surface area (Å²) < 4.78 is 24.6. The van der Waals surface area contributed by atoms with E-state index >= 15 is 0 Å². The summed E-state index contributed by atoms with van der Waals surface area (Å²) in [5.41, 5.74) is 0.881. The van der Waals surface area contributed by atoms with Crippen molar-refractivity contribution in [3.05, 3.63) is 28.8 Å². The van der Waals surface area contributed by atoms with E-state index in [9.17, 15) is 8.42 Å². The number of halogens is 1. The molecule has 0 radical (unpaired) electrons. The van der Waals surface area contributed by atoms with Crippen LogP contribution in [0.15, 0.2) is 23.1 Å². The molecule has 7 heteroatoms. The fraction of sp³-hybridized carbons (Fsp3) is 0.538. The molecule has 1 aromatic rings. The highest BCUT2D eigenvalue weighted by atomic mass is 35.5. The molecular weight excluding hydrogens is 298 g/mol. The van der Waals surface area contributed by atoms with Crippen LogP contribution in [0.1, 0.15) is 24.8 Å². The summed E-state index contributed by atoms with van der Waals surface area (Å²) in [5, 5.41) is 5.21. The zero-order chi connectivity index (χ0) is 14.6. The van der Waals surface area contributed by atoms with Gasteiger partial charge in [0, 0.05) is 24.7 Å². The zero-order valence-corrected chi connectivity index (χ0v) is 13.1. The van der Waals surface area contributed by atoms with Crippen LogP contribution >= 0.6 is 11.6 Å². The van der Waals surface area contributed by atoms with E-state index in [1.54, 1.807) is 17.1 Å². The molecule has 2 N–H and O–H groups in total. The first-order chi connectivity index (χ1) is 9.53. The Bertz CT molecular complexity index is 557. The molecule has 0 unspecified atom stereocenters. The SMILES string of the molecule is CNCc1ccc(S(=O)(=O)NN2CCCCC2)cc1Cl. The monoisotopic (exact) mass is 317 g/mol. The molecule has 0 amide bonds. The zero-order valence-electron chi connectivity index (χ0n) is 11.5. The predicted molar refractivity (Wildman–Crippen MR) is 80.0 cm³/mol. The Hall–Kier alpha value is -0.660. The number of piperidine rings is 1. The maximum Gasteiger partial charge on any atom is 0.253 e. The predicted octanol–water partition coefficient (Wildman–Crippen LogP) is 1.74. The van der Waals surface area contributed by atoms with Crippen molar-refractivity contribution < 1.29 is 8.42 Å². The number of hydrogen-bond acceptors (Lipinski definition) is 4. The molecule has 1 aliphatic heterocycles. The summed E-state index contributed by atoms with van der Waals surface area (Å²) in [7, 11) is -1.72. The van der Waals surface area contributed by atoms with Crippen LogP contribution in [0.2, 0.25) is 5.02 Å². The molecule has 0 atom stereocenters. The second-order valence-corrected chi connectivity index (χ2v) is 6.99. The quantitative estimate of drug-likeness (QED) is 0.868. The minimum Gasteiger partial charge on any atom is -0.316 e. The number of sulfonamides is 1. The van der Waals surface area contributed by atoms with Crippen molar-refractivity contribution in [1.82, 2.24) is 15.2 Å². The summed E-state index contributed by atoms with van der Waals surface area (Å²) >= 11 is 6.11. The van der Waals surface area contributed by atoms with Gasteiger partial charge in [-0.3, -0.25) is 0 Å². The van der Waals surface area contributed by atoms with Crippen LogP contribution in [0.3, 0.4) is 0 Å². The lowest BCUT2D eigenvalue weighted by molar-refractivity contribution is 0.200. The second kappa shape index (κ2) is 6.87. The third-order valence-electron chi connectivity index (χ3n) is 3.31. The van der Waals surface area contributed by atoms with E-state index in [0.29, 0.717) is 11.6 Å². The maximum absolute atomic E-state index is 12.3. The van der Waals surface area contributed by atoms with Gasteiger partial charge in [-0.1, -0.05) is 24.1 Å². The number of hydrogen-bond donors (Lipinski definition) is 2. The Balaban J connectivity index is 2.14. The van der Waals surface area contributed by atoms with E-state index in [-0.39, 0.29) is 4.90 Å². The lowest BCUT2D eigenvalue weighted by atomic mass is 10.2. The van der Waals surface area contributed by atoms with Crippen LogP contribution < -0.4 is 10.1 Å². The first-order valence-corrected chi connectivity index (χ1v) is 8.59. The third kappa shape index (κ3) is 3.93. The Labute approximate surface area is 125 Å². The first-order valence-electron chi connectivity index (χ1n) is 6.73. The fourth-order valence-corrected chi connectivity index (χ4v) is 3.70. The van der Waals surface area contributed by atoms with Gasteiger partial charge in [-0.15, -0.1) is 4.83 Å². The molecule has 0 saturated carbocycles. The maximum atomic E-state index is 12.3. The van der Waals surface area contributed by atoms with E-state index in [2.05, 4.69) is 10.1 Å². The number of rotatable bonds is 5. The van der Waals surface area contributed by atoms with Gasteiger partial charge in [-0.05, 0) is 37.6 Å². The van der Waals surface area contributed by atoms with Gasteiger partial charge in [-0.25, -0.2) is 13.4 Å². The summed E-state index contributed by atoms with van der Waals surface area (Å²) in [6.07, 6.45) is 3.19. The Morgan fingerprint density at radius 3 is 2.55 bits per heavy atom. The van der Waals surface area contributed by atoms with Crippen LogP contribution in [-0.4, -0.2) is 33.6 Å². The van der Waals surface area contributed by atoms with E-state index in [4.69, 9.17) is 11.6 Å². The molecule has 2 rings (SSSR count). The van der Waals surface area contributed by atoms with Gasteiger partial charge in [0.15, 0.2) is 0 Å². The molecular formula is C13H20ClN3O2S. The highest BCUT2D eigenvalue weighted by molar-refractivity contribution is 7.89. The van der Waals surface area contributed by atoms with Crippen molar-refractivity contribution in [1.29, 1.82) is 0 Å². The van der Waals surface area contributed by atoms with Crippen LogP contribution in [0.25, 0.3) is 0 Å². The lowest BCUT2D eigenvalue weighted by Gasteiger charge is -2.26. The molecule has 20 heavy (non-hydrogen) atoms. The number of nitrogens with zero attached hydrogens (tertiary/aromatic N) is 1. The normalized spacial score (nSPS) is 17.3. The largest absolute Gasteiger partial charge is 0.316 e. The molecule has 0 bridgehead atoms. The number of nitrogens with one attached hydrogen (secondary N) is 2. The van der Waals surface area contributed by atoms with E-state index in [0.717, 1.165) is 37.9 Å². The van der Waals surface area contributed by atoms with Crippen molar-refractivity contribution in [2.45, 2.75) is 30.7 Å². The van der Waals surface area contributed by atoms with Crippen LogP contribution in [0, 0.1) is 0 Å². The summed E-state index contributed by atoms with van der Waals surface area (Å²) in [6.45, 7) is 2.12. The van der Waals surface area contributed by atoms with Crippen LogP contribution in [0.5, 0.6) is 0 Å². The molecule has 0 aromatic heterocycles. The van der Waals surface area contributed by atoms with Gasteiger partial charge in [0.05, 0.1) is 4.90 Å². The molecule has 1 fully saturated rings. The Kier molecular flexibility index (Phi) is 5.40. The van der Waals surface area contributed by atoms with Gasteiger partial charge in [-0.2, -0.15) is 0 Å². The van der Waals surface area contributed by atoms with Gasteiger partial charge in [0.2, 0.25) is 0 Å². The molecule has 0 aliphatic carbocycles. The number of hydrazine groups is 1. The van der Waals surface area contributed by atoms with E-state index in [1.165, 1.54) is 6.07 Å². The van der Waals surface area contributed by atoms with Gasteiger partial charge in [0.25, 0.3) is 10.0 Å². The molecule has 1 aromatic carbocycles. The summed E-state index contributed by atoms with van der Waals surface area (Å²) in [6, 6.07) is 4.83. The van der Waals surface area contributed by atoms with Crippen molar-refractivity contribution in [3.8, 4) is 0 Å². The Morgan fingerprint density at radius 1 is 1.25 bits per heavy atom. The van der Waals surface area contributed by atoms with Gasteiger partial charge < -0.3 is 5.32 Å². The van der Waals surface area contributed by atoms with Gasteiger partial charge in [0.1, 0.15) is 0 Å². The standard InChI is InChI=1S/C13H20ClN3O2S/c1-15-10-11-5-6-12(9-13(11)14)20(18,19)16-17-7-3-2-4-8-17/h5-6,9,15-16H,2-4,7-8,10H2,1H3. The smallest absolute Gasteiger partial charge is 0.253 e. The average molecular weight is 318 g/mol. The molecule has 1 heterocycles. The average Bonchev–Trinajstić information content (AvgIpc) is 2.42. The summed E-state index contributed by atoms with van der Waals surface area (Å²) in [5.74, 6) is 0. The van der Waals surface area contributed by atoms with E-state index in [1.807, 2.05) is 7.05 Å². The van der Waals surface area contributed by atoms with Crippen LogP contribution in [-0.2, 0) is 16.6 Å². The van der Waals surface area contributed by atoms with E-state index < -0.39 is 10.0 Å². The molecule has 0 spiro atoms. The Morgan fingerprint density at radius 2 is 1.95 bits per heavy atom. The topological polar surface area (TPSA) is 61.4 Å². The summed E-state index contributed by atoms with van der Waals surface area (Å²) in [4.78, 5) is 2.82. The van der Waals surface area contributed by atoms with Crippen molar-refractivity contribution >= 4 is 21.6 Å². The number of benzene rings is 1. The van der Waals surface area contributed by atoms with Crippen molar-refractivity contribution in [2.24, 2.45) is 0 Å². The van der Waals surface area contributed by atoms with Gasteiger partial charge >= 0.3 is 0 Å². The highest BCUT2D eigenvalue weighted by Gasteiger charge is 2.20. The lowest BCUT2D eigenvalue weighted by Crippen LogP contribution is -2.44. The van der Waals surface area contributed by atoms with Crippen LogP contribution in [0.4, 0.5) is 0 Å². The molecule has 1 aliphatic rings. The fourth-order valence-electron chi connectivity index (χ4n) is 2.24. The first kappa shape index (κ1) is 15.7. The van der Waals surface area contributed by atoms with Crippen molar-refractivity contribution in [3.63, 3.8) is 0 Å².